The predicted molar refractivity (Wildman–Crippen MR) is 52.4 cm³/mol. The summed E-state index contributed by atoms with van der Waals surface area (Å²) in [4.78, 5) is 10.8. The Hall–Kier alpha value is -1.61. The molecule has 0 aliphatic heterocycles. The fourth-order valence-corrected chi connectivity index (χ4v) is 1.06. The first-order chi connectivity index (χ1) is 6.77. The lowest BCUT2D eigenvalue weighted by Crippen LogP contribution is -2.02. The lowest BCUT2D eigenvalue weighted by Gasteiger charge is -2.06. The third-order valence-electron chi connectivity index (χ3n) is 1.83. The highest BCUT2D eigenvalue weighted by molar-refractivity contribution is 5.81. The number of aliphatic hydroxyl groups is 1. The van der Waals surface area contributed by atoms with Crippen molar-refractivity contribution in [1.29, 1.82) is 0 Å². The molecule has 0 aliphatic rings. The summed E-state index contributed by atoms with van der Waals surface area (Å²) in [5.74, 6) is -0.460. The lowest BCUT2D eigenvalue weighted by molar-refractivity contribution is -0.139. The monoisotopic (exact) mass is 192 g/mol. The minimum absolute atomic E-state index is 0.0538. The molecule has 1 aromatic rings. The first-order valence-corrected chi connectivity index (χ1v) is 4.24. The zero-order chi connectivity index (χ0) is 10.4. The Labute approximate surface area is 82.6 Å². The van der Waals surface area contributed by atoms with Crippen LogP contribution in [0.4, 0.5) is 0 Å². The molecule has 0 heterocycles. The number of ether oxygens (including phenoxy) is 1. The molecule has 0 unspecified atom stereocenters. The Bertz CT molecular complexity index is 331. The molecular weight excluding hydrogens is 180 g/mol. The Balaban J connectivity index is 2.66. The van der Waals surface area contributed by atoms with Gasteiger partial charge < -0.3 is 9.84 Å². The first kappa shape index (κ1) is 10.5. The van der Waals surface area contributed by atoms with Gasteiger partial charge in [0.25, 0.3) is 0 Å². The SMILES string of the molecule is C=CC(=O)OCc1ccccc1CO. The molecule has 0 atom stereocenters. The van der Waals surface area contributed by atoms with Gasteiger partial charge >= 0.3 is 5.97 Å². The van der Waals surface area contributed by atoms with Gasteiger partial charge in [-0.2, -0.15) is 0 Å². The van der Waals surface area contributed by atoms with E-state index in [0.717, 1.165) is 17.2 Å². The van der Waals surface area contributed by atoms with Gasteiger partial charge in [0, 0.05) is 6.08 Å². The fraction of sp³-hybridized carbons (Fsp3) is 0.182. The molecule has 74 valence electrons. The van der Waals surface area contributed by atoms with Crippen LogP contribution in [0.2, 0.25) is 0 Å². The van der Waals surface area contributed by atoms with Gasteiger partial charge in [0.15, 0.2) is 0 Å². The van der Waals surface area contributed by atoms with Gasteiger partial charge in [-0.3, -0.25) is 0 Å². The maximum atomic E-state index is 10.8. The molecule has 0 radical (unpaired) electrons. The van der Waals surface area contributed by atoms with Gasteiger partial charge in [0.2, 0.25) is 0 Å². The van der Waals surface area contributed by atoms with Crippen molar-refractivity contribution in [2.45, 2.75) is 13.2 Å². The topological polar surface area (TPSA) is 46.5 Å². The molecule has 0 amide bonds. The summed E-state index contributed by atoms with van der Waals surface area (Å²) < 4.78 is 4.85. The van der Waals surface area contributed by atoms with Crippen molar-refractivity contribution < 1.29 is 14.6 Å². The Morgan fingerprint density at radius 1 is 1.43 bits per heavy atom. The zero-order valence-electron chi connectivity index (χ0n) is 7.77. The highest BCUT2D eigenvalue weighted by Gasteiger charge is 2.02. The van der Waals surface area contributed by atoms with Crippen LogP contribution in [0.5, 0.6) is 0 Å². The van der Waals surface area contributed by atoms with E-state index in [0.29, 0.717) is 0 Å². The molecule has 0 aromatic heterocycles. The van der Waals surface area contributed by atoms with E-state index in [1.54, 1.807) is 6.07 Å². The van der Waals surface area contributed by atoms with Gasteiger partial charge in [-0.05, 0) is 11.1 Å². The van der Waals surface area contributed by atoms with Crippen LogP contribution in [-0.2, 0) is 22.7 Å². The van der Waals surface area contributed by atoms with E-state index in [1.165, 1.54) is 0 Å². The van der Waals surface area contributed by atoms with Crippen molar-refractivity contribution >= 4 is 5.97 Å². The van der Waals surface area contributed by atoms with Crippen LogP contribution in [0, 0.1) is 0 Å². The molecular formula is C11H12O3. The number of carbonyl (C=O) groups is 1. The van der Waals surface area contributed by atoms with Crippen LogP contribution in [0.3, 0.4) is 0 Å². The smallest absolute Gasteiger partial charge is 0.330 e. The number of esters is 1. The summed E-state index contributed by atoms with van der Waals surface area (Å²) in [6, 6.07) is 7.25. The maximum Gasteiger partial charge on any atom is 0.330 e. The van der Waals surface area contributed by atoms with Gasteiger partial charge in [-0.1, -0.05) is 30.8 Å². The fourth-order valence-electron chi connectivity index (χ4n) is 1.06. The highest BCUT2D eigenvalue weighted by atomic mass is 16.5. The molecule has 0 fully saturated rings. The van der Waals surface area contributed by atoms with Gasteiger partial charge in [-0.15, -0.1) is 0 Å². The molecule has 0 spiro atoms. The number of carbonyl (C=O) groups excluding carboxylic acids is 1. The van der Waals surface area contributed by atoms with E-state index in [2.05, 4.69) is 6.58 Å². The maximum absolute atomic E-state index is 10.8. The zero-order valence-corrected chi connectivity index (χ0v) is 7.77. The predicted octanol–water partition coefficient (Wildman–Crippen LogP) is 1.41. The minimum Gasteiger partial charge on any atom is -0.458 e. The second kappa shape index (κ2) is 5.19. The number of hydrogen-bond donors (Lipinski definition) is 1. The molecule has 3 heteroatoms. The van der Waals surface area contributed by atoms with Crippen LogP contribution in [-0.4, -0.2) is 11.1 Å². The second-order valence-corrected chi connectivity index (χ2v) is 2.74. The summed E-state index contributed by atoms with van der Waals surface area (Å²) in [6.45, 7) is 3.41. The number of benzene rings is 1. The summed E-state index contributed by atoms with van der Waals surface area (Å²) in [7, 11) is 0. The van der Waals surface area contributed by atoms with Crippen molar-refractivity contribution in [2.75, 3.05) is 0 Å². The average Bonchev–Trinajstić information content (AvgIpc) is 2.26. The molecule has 14 heavy (non-hydrogen) atoms. The second-order valence-electron chi connectivity index (χ2n) is 2.74. The lowest BCUT2D eigenvalue weighted by atomic mass is 10.1. The van der Waals surface area contributed by atoms with Crippen molar-refractivity contribution in [3.63, 3.8) is 0 Å². The van der Waals surface area contributed by atoms with Crippen molar-refractivity contribution in [3.8, 4) is 0 Å². The van der Waals surface area contributed by atoms with E-state index in [1.807, 2.05) is 18.2 Å². The molecule has 1 rings (SSSR count). The molecule has 0 bridgehead atoms. The van der Waals surface area contributed by atoms with Crippen molar-refractivity contribution in [1.82, 2.24) is 0 Å². The van der Waals surface area contributed by atoms with Crippen LogP contribution < -0.4 is 0 Å². The summed E-state index contributed by atoms with van der Waals surface area (Å²) in [5, 5.41) is 8.98. The average molecular weight is 192 g/mol. The largest absolute Gasteiger partial charge is 0.458 e. The van der Waals surface area contributed by atoms with E-state index in [-0.39, 0.29) is 13.2 Å². The molecule has 0 saturated carbocycles. The number of aliphatic hydroxyl groups excluding tert-OH is 1. The Kier molecular flexibility index (Phi) is 3.88. The molecule has 3 nitrogen and oxygen atoms in total. The third kappa shape index (κ3) is 2.71. The van der Waals surface area contributed by atoms with E-state index < -0.39 is 5.97 Å². The Morgan fingerprint density at radius 3 is 2.64 bits per heavy atom. The van der Waals surface area contributed by atoms with E-state index in [9.17, 15) is 4.79 Å². The van der Waals surface area contributed by atoms with Crippen LogP contribution in [0.15, 0.2) is 36.9 Å². The van der Waals surface area contributed by atoms with Gasteiger partial charge in [0.05, 0.1) is 6.61 Å². The highest BCUT2D eigenvalue weighted by Crippen LogP contribution is 2.09. The third-order valence-corrected chi connectivity index (χ3v) is 1.83. The summed E-state index contributed by atoms with van der Waals surface area (Å²) in [5.41, 5.74) is 1.58. The number of hydrogen-bond acceptors (Lipinski definition) is 3. The molecule has 0 saturated heterocycles. The quantitative estimate of drug-likeness (QED) is 0.579. The molecule has 0 aliphatic carbocycles. The molecule has 1 aromatic carbocycles. The van der Waals surface area contributed by atoms with E-state index in [4.69, 9.17) is 9.84 Å². The van der Waals surface area contributed by atoms with Crippen LogP contribution in [0.25, 0.3) is 0 Å². The summed E-state index contributed by atoms with van der Waals surface area (Å²) >= 11 is 0. The standard InChI is InChI=1S/C11H12O3/c1-2-11(13)14-8-10-6-4-3-5-9(10)7-12/h2-6,12H,1,7-8H2. The Morgan fingerprint density at radius 2 is 2.07 bits per heavy atom. The first-order valence-electron chi connectivity index (χ1n) is 4.24. The van der Waals surface area contributed by atoms with Gasteiger partial charge in [0.1, 0.15) is 6.61 Å². The minimum atomic E-state index is -0.460. The van der Waals surface area contributed by atoms with Gasteiger partial charge in [-0.25, -0.2) is 4.79 Å². The number of rotatable bonds is 4. The van der Waals surface area contributed by atoms with Crippen LogP contribution >= 0.6 is 0 Å². The van der Waals surface area contributed by atoms with Crippen LogP contribution in [0.1, 0.15) is 11.1 Å². The van der Waals surface area contributed by atoms with Crippen molar-refractivity contribution in [2.24, 2.45) is 0 Å². The van der Waals surface area contributed by atoms with E-state index >= 15 is 0 Å². The normalized spacial score (nSPS) is 9.50. The van der Waals surface area contributed by atoms with Crippen molar-refractivity contribution in [3.05, 3.63) is 48.0 Å². The molecule has 1 N–H and O–H groups in total. The summed E-state index contributed by atoms with van der Waals surface area (Å²) in [6.07, 6.45) is 1.11.